The van der Waals surface area contributed by atoms with E-state index in [0.717, 1.165) is 25.8 Å². The van der Waals surface area contributed by atoms with E-state index in [2.05, 4.69) is 24.0 Å². The zero-order valence-corrected chi connectivity index (χ0v) is 10.1. The molecule has 0 heterocycles. The molecule has 5 nitrogen and oxygen atoms in total. The van der Waals surface area contributed by atoms with Crippen LogP contribution in [0.15, 0.2) is 5.16 Å². The minimum atomic E-state index is -0.0949. The maximum atomic E-state index is 9.22. The van der Waals surface area contributed by atoms with Crippen molar-refractivity contribution in [2.75, 3.05) is 13.6 Å². The highest BCUT2D eigenvalue weighted by Crippen LogP contribution is 2.28. The van der Waals surface area contributed by atoms with Crippen LogP contribution in [0.4, 0.5) is 0 Å². The van der Waals surface area contributed by atoms with Gasteiger partial charge in [-0.3, -0.25) is 0 Å². The van der Waals surface area contributed by atoms with Crippen molar-refractivity contribution in [3.05, 3.63) is 0 Å². The molecule has 0 aromatic heterocycles. The number of hydrogen-bond acceptors (Lipinski definition) is 4. The Balaban J connectivity index is 2.34. The lowest BCUT2D eigenvalue weighted by Crippen LogP contribution is -2.42. The summed E-state index contributed by atoms with van der Waals surface area (Å²) in [5.41, 5.74) is 5.52. The Kier molecular flexibility index (Phi) is 5.02. The van der Waals surface area contributed by atoms with Gasteiger partial charge in [-0.15, -0.1) is 0 Å². The van der Waals surface area contributed by atoms with Crippen molar-refractivity contribution < 1.29 is 10.3 Å². The number of amidine groups is 1. The Labute approximate surface area is 96.9 Å². The third-order valence-electron chi connectivity index (χ3n) is 3.42. The molecule has 0 bridgehead atoms. The van der Waals surface area contributed by atoms with Crippen molar-refractivity contribution in [1.29, 1.82) is 0 Å². The van der Waals surface area contributed by atoms with Gasteiger partial charge >= 0.3 is 0 Å². The van der Waals surface area contributed by atoms with Crippen LogP contribution in [0.3, 0.4) is 0 Å². The number of aliphatic hydroxyl groups excluding tert-OH is 1. The molecule has 1 unspecified atom stereocenters. The van der Waals surface area contributed by atoms with E-state index < -0.39 is 0 Å². The molecule has 4 N–H and O–H groups in total. The summed E-state index contributed by atoms with van der Waals surface area (Å²) in [6, 6.07) is 0.314. The first kappa shape index (κ1) is 13.3. The quantitative estimate of drug-likeness (QED) is 0.270. The maximum Gasteiger partial charge on any atom is 0.140 e. The topological polar surface area (TPSA) is 82.1 Å². The third kappa shape index (κ3) is 3.64. The van der Waals surface area contributed by atoms with Crippen LogP contribution < -0.4 is 5.73 Å². The smallest absolute Gasteiger partial charge is 0.140 e. The van der Waals surface area contributed by atoms with Gasteiger partial charge in [0, 0.05) is 19.0 Å². The van der Waals surface area contributed by atoms with Gasteiger partial charge < -0.3 is 20.9 Å². The lowest BCUT2D eigenvalue weighted by molar-refractivity contribution is 0.0221. The molecule has 0 saturated heterocycles. The number of oxime groups is 1. The van der Waals surface area contributed by atoms with Crippen LogP contribution in [0.1, 0.15) is 32.6 Å². The first-order valence-electron chi connectivity index (χ1n) is 5.91. The molecule has 0 radical (unpaired) electrons. The molecule has 0 aliphatic heterocycles. The van der Waals surface area contributed by atoms with Crippen molar-refractivity contribution in [3.63, 3.8) is 0 Å². The Bertz CT molecular complexity index is 239. The van der Waals surface area contributed by atoms with Gasteiger partial charge in [-0.05, 0) is 32.2 Å². The van der Waals surface area contributed by atoms with E-state index in [1.54, 1.807) is 0 Å². The molecule has 5 heteroatoms. The summed E-state index contributed by atoms with van der Waals surface area (Å²) < 4.78 is 0. The zero-order chi connectivity index (χ0) is 12.1. The molecule has 0 amide bonds. The summed E-state index contributed by atoms with van der Waals surface area (Å²) in [7, 11) is 2.06. The van der Waals surface area contributed by atoms with Gasteiger partial charge in [-0.25, -0.2) is 0 Å². The Morgan fingerprint density at radius 1 is 1.56 bits per heavy atom. The van der Waals surface area contributed by atoms with E-state index in [4.69, 9.17) is 10.9 Å². The molecule has 1 saturated carbocycles. The first-order chi connectivity index (χ1) is 7.56. The largest absolute Gasteiger partial charge is 0.409 e. The summed E-state index contributed by atoms with van der Waals surface area (Å²) in [6.07, 6.45) is 3.29. The average molecular weight is 229 g/mol. The van der Waals surface area contributed by atoms with Crippen molar-refractivity contribution in [1.82, 2.24) is 4.90 Å². The molecule has 1 fully saturated rings. The van der Waals surface area contributed by atoms with Gasteiger partial charge in [0.2, 0.25) is 0 Å². The van der Waals surface area contributed by atoms with Crippen LogP contribution in [0.5, 0.6) is 0 Å². The summed E-state index contributed by atoms with van der Waals surface area (Å²) in [4.78, 5) is 2.24. The molecule has 1 aliphatic rings. The second-order valence-electron chi connectivity index (χ2n) is 4.79. The van der Waals surface area contributed by atoms with Gasteiger partial charge in [0.1, 0.15) is 5.84 Å². The summed E-state index contributed by atoms with van der Waals surface area (Å²) in [6.45, 7) is 3.08. The Morgan fingerprint density at radius 3 is 2.62 bits per heavy atom. The zero-order valence-electron chi connectivity index (χ0n) is 10.1. The predicted molar refractivity (Wildman–Crippen MR) is 63.5 cm³/mol. The second kappa shape index (κ2) is 6.06. The molecule has 0 aromatic carbocycles. The molecule has 94 valence electrons. The molecular weight excluding hydrogens is 206 g/mol. The van der Waals surface area contributed by atoms with Crippen LogP contribution in [-0.2, 0) is 0 Å². The minimum absolute atomic E-state index is 0.0949. The standard InChI is InChI=1S/C11H23N3O2/c1-3-9(6-11(12)13-16)14(2)7-8-4-10(15)5-8/h8-10,15-16H,3-7H2,1-2H3,(H2,12,13). The summed E-state index contributed by atoms with van der Waals surface area (Å²) in [5, 5.41) is 20.8. The minimum Gasteiger partial charge on any atom is -0.409 e. The van der Waals surface area contributed by atoms with E-state index in [1.165, 1.54) is 0 Å². The number of rotatable bonds is 6. The molecule has 0 aromatic rings. The first-order valence-corrected chi connectivity index (χ1v) is 5.91. The van der Waals surface area contributed by atoms with Gasteiger partial charge in [-0.1, -0.05) is 12.1 Å². The monoisotopic (exact) mass is 229 g/mol. The van der Waals surface area contributed by atoms with E-state index >= 15 is 0 Å². The molecular formula is C11H23N3O2. The summed E-state index contributed by atoms with van der Waals surface area (Å²) >= 11 is 0. The molecule has 16 heavy (non-hydrogen) atoms. The highest BCUT2D eigenvalue weighted by Gasteiger charge is 2.29. The number of aliphatic hydroxyl groups is 1. The van der Waals surface area contributed by atoms with Gasteiger partial charge in [0.05, 0.1) is 6.10 Å². The van der Waals surface area contributed by atoms with Crippen LogP contribution in [0.2, 0.25) is 0 Å². The average Bonchev–Trinajstić information content (AvgIpc) is 2.23. The molecule has 1 rings (SSSR count). The fourth-order valence-corrected chi connectivity index (χ4v) is 2.30. The van der Waals surface area contributed by atoms with Crippen LogP contribution in [0.25, 0.3) is 0 Å². The Hall–Kier alpha value is -0.810. The van der Waals surface area contributed by atoms with Crippen molar-refractivity contribution >= 4 is 5.84 Å². The van der Waals surface area contributed by atoms with Crippen LogP contribution in [-0.4, -0.2) is 46.8 Å². The summed E-state index contributed by atoms with van der Waals surface area (Å²) in [5.74, 6) is 0.883. The highest BCUT2D eigenvalue weighted by molar-refractivity contribution is 5.80. The number of nitrogens with zero attached hydrogens (tertiary/aromatic N) is 2. The molecule has 1 atom stereocenters. The number of hydrogen-bond donors (Lipinski definition) is 3. The lowest BCUT2D eigenvalue weighted by Gasteiger charge is -2.37. The van der Waals surface area contributed by atoms with Gasteiger partial charge in [-0.2, -0.15) is 0 Å². The SMILES string of the molecule is CCC(CC(N)=NO)N(C)CC1CC(O)C1. The van der Waals surface area contributed by atoms with Crippen molar-refractivity contribution in [2.45, 2.75) is 44.8 Å². The molecule has 0 spiro atoms. The fourth-order valence-electron chi connectivity index (χ4n) is 2.30. The highest BCUT2D eigenvalue weighted by atomic mass is 16.4. The van der Waals surface area contributed by atoms with Crippen LogP contribution >= 0.6 is 0 Å². The lowest BCUT2D eigenvalue weighted by atomic mass is 9.82. The predicted octanol–water partition coefficient (Wildman–Crippen LogP) is 0.604. The number of nitrogens with two attached hydrogens (primary N) is 1. The van der Waals surface area contributed by atoms with E-state index in [-0.39, 0.29) is 11.9 Å². The normalized spacial score (nSPS) is 27.9. The van der Waals surface area contributed by atoms with Crippen molar-refractivity contribution in [3.8, 4) is 0 Å². The van der Waals surface area contributed by atoms with E-state index in [1.807, 2.05) is 0 Å². The second-order valence-corrected chi connectivity index (χ2v) is 4.79. The van der Waals surface area contributed by atoms with Gasteiger partial charge in [0.25, 0.3) is 0 Å². The Morgan fingerprint density at radius 2 is 2.19 bits per heavy atom. The van der Waals surface area contributed by atoms with E-state index in [0.29, 0.717) is 18.4 Å². The van der Waals surface area contributed by atoms with Crippen LogP contribution in [0, 0.1) is 5.92 Å². The third-order valence-corrected chi connectivity index (χ3v) is 3.42. The van der Waals surface area contributed by atoms with Gasteiger partial charge in [0.15, 0.2) is 0 Å². The maximum absolute atomic E-state index is 9.22. The van der Waals surface area contributed by atoms with Crippen molar-refractivity contribution in [2.24, 2.45) is 16.8 Å². The van der Waals surface area contributed by atoms with E-state index in [9.17, 15) is 5.11 Å². The molecule has 1 aliphatic carbocycles. The fraction of sp³-hybridized carbons (Fsp3) is 0.909.